The molecule has 1 fully saturated rings. The maximum absolute atomic E-state index is 13.2. The summed E-state index contributed by atoms with van der Waals surface area (Å²) in [6.07, 6.45) is -7.60. The van der Waals surface area contributed by atoms with Crippen molar-refractivity contribution in [3.05, 3.63) is 125 Å². The minimum atomic E-state index is -4.51. The first-order valence-electron chi connectivity index (χ1n) is 14.7. The van der Waals surface area contributed by atoms with Crippen molar-refractivity contribution in [3.8, 4) is 11.1 Å². The van der Waals surface area contributed by atoms with Gasteiger partial charge < -0.3 is 10.6 Å². The predicted octanol–water partition coefficient (Wildman–Crippen LogP) is 8.22. The number of benzene rings is 4. The summed E-state index contributed by atoms with van der Waals surface area (Å²) in [7, 11) is 0. The SMILES string of the molecule is O=C(Nc1ccc(C2CCN(C(C(=O)NCC(F)(F)F)c3ccccc3)CC2)cc1)c1ccccc1-c1ccc(C(F)(F)F)cc1. The lowest BCUT2D eigenvalue weighted by molar-refractivity contribution is -0.142. The lowest BCUT2D eigenvalue weighted by atomic mass is 9.88. The standard InChI is InChI=1S/C35H31F6N3O2/c36-34(37,38)22-42-33(46)31(26-6-2-1-3-7-26)44-20-18-24(19-21-44)23-12-16-28(17-13-23)43-32(45)30-9-5-4-8-29(30)25-10-14-27(15-11-25)35(39,40)41/h1-17,24,31H,18-22H2,(H,42,46)(H,43,45). The number of hydrogen-bond acceptors (Lipinski definition) is 3. The second-order valence-electron chi connectivity index (χ2n) is 11.2. The number of nitrogens with one attached hydrogen (secondary N) is 2. The van der Waals surface area contributed by atoms with Crippen LogP contribution in [0.3, 0.4) is 0 Å². The number of piperidine rings is 1. The molecule has 1 atom stereocenters. The van der Waals surface area contributed by atoms with Gasteiger partial charge >= 0.3 is 12.4 Å². The van der Waals surface area contributed by atoms with Crippen LogP contribution in [0.5, 0.6) is 0 Å². The molecule has 2 N–H and O–H groups in total. The van der Waals surface area contributed by atoms with Crippen LogP contribution in [0.25, 0.3) is 11.1 Å². The highest BCUT2D eigenvalue weighted by Crippen LogP contribution is 2.34. The van der Waals surface area contributed by atoms with Crippen molar-refractivity contribution in [1.29, 1.82) is 0 Å². The minimum absolute atomic E-state index is 0.149. The summed E-state index contributed by atoms with van der Waals surface area (Å²) in [5.74, 6) is -0.953. The van der Waals surface area contributed by atoms with Crippen LogP contribution in [0.4, 0.5) is 32.0 Å². The van der Waals surface area contributed by atoms with Gasteiger partial charge in [0.15, 0.2) is 0 Å². The summed E-state index contributed by atoms with van der Waals surface area (Å²) in [4.78, 5) is 28.0. The van der Waals surface area contributed by atoms with Crippen molar-refractivity contribution in [1.82, 2.24) is 10.2 Å². The van der Waals surface area contributed by atoms with Gasteiger partial charge in [0.1, 0.15) is 12.6 Å². The van der Waals surface area contributed by atoms with E-state index < -0.39 is 42.3 Å². The highest BCUT2D eigenvalue weighted by Gasteiger charge is 2.34. The van der Waals surface area contributed by atoms with Gasteiger partial charge in [0.2, 0.25) is 5.91 Å². The first-order chi connectivity index (χ1) is 21.9. The quantitative estimate of drug-likeness (QED) is 0.191. The van der Waals surface area contributed by atoms with E-state index >= 15 is 0 Å². The molecule has 5 rings (SSSR count). The fourth-order valence-electron chi connectivity index (χ4n) is 5.75. The van der Waals surface area contributed by atoms with E-state index in [0.717, 1.165) is 17.7 Å². The number of alkyl halides is 6. The lowest BCUT2D eigenvalue weighted by Gasteiger charge is -2.37. The predicted molar refractivity (Wildman–Crippen MR) is 163 cm³/mol. The third-order valence-electron chi connectivity index (χ3n) is 8.06. The summed E-state index contributed by atoms with van der Waals surface area (Å²) in [5.41, 5.74) is 2.71. The molecule has 0 bridgehead atoms. The number of carbonyl (C=O) groups is 2. The van der Waals surface area contributed by atoms with Crippen LogP contribution < -0.4 is 10.6 Å². The third kappa shape index (κ3) is 8.14. The lowest BCUT2D eigenvalue weighted by Crippen LogP contribution is -2.46. The molecule has 1 aliphatic heterocycles. The van der Waals surface area contributed by atoms with E-state index in [9.17, 15) is 35.9 Å². The maximum atomic E-state index is 13.2. The number of amides is 2. The van der Waals surface area contributed by atoms with Gasteiger partial charge in [-0.3, -0.25) is 14.5 Å². The Morgan fingerprint density at radius 3 is 1.98 bits per heavy atom. The van der Waals surface area contributed by atoms with E-state index in [1.54, 1.807) is 66.7 Å². The highest BCUT2D eigenvalue weighted by atomic mass is 19.4. The molecule has 1 saturated heterocycles. The van der Waals surface area contributed by atoms with Crippen molar-refractivity contribution < 1.29 is 35.9 Å². The largest absolute Gasteiger partial charge is 0.416 e. The molecule has 1 unspecified atom stereocenters. The van der Waals surface area contributed by atoms with Gasteiger partial charge in [-0.05, 0) is 84.4 Å². The van der Waals surface area contributed by atoms with E-state index in [2.05, 4.69) is 5.32 Å². The molecular formula is C35H31F6N3O2. The molecule has 11 heteroatoms. The zero-order valence-electron chi connectivity index (χ0n) is 24.5. The number of likely N-dealkylation sites (tertiary alicyclic amines) is 1. The molecule has 4 aromatic rings. The van der Waals surface area contributed by atoms with Gasteiger partial charge in [-0.25, -0.2) is 0 Å². The summed E-state index contributed by atoms with van der Waals surface area (Å²) in [6.45, 7) is -0.388. The Morgan fingerprint density at radius 2 is 1.37 bits per heavy atom. The second-order valence-corrected chi connectivity index (χ2v) is 11.2. The van der Waals surface area contributed by atoms with Gasteiger partial charge in [-0.2, -0.15) is 26.3 Å². The summed E-state index contributed by atoms with van der Waals surface area (Å²) in [5, 5.41) is 4.89. The molecule has 2 amide bonds. The number of nitrogens with zero attached hydrogens (tertiary/aromatic N) is 1. The van der Waals surface area contributed by atoms with E-state index in [4.69, 9.17) is 0 Å². The summed E-state index contributed by atoms with van der Waals surface area (Å²) < 4.78 is 77.4. The Labute approximate surface area is 262 Å². The van der Waals surface area contributed by atoms with Gasteiger partial charge in [-0.1, -0.05) is 72.8 Å². The number of anilines is 1. The second kappa shape index (κ2) is 13.8. The van der Waals surface area contributed by atoms with Gasteiger partial charge in [-0.15, -0.1) is 0 Å². The van der Waals surface area contributed by atoms with Crippen LogP contribution in [0.2, 0.25) is 0 Å². The van der Waals surface area contributed by atoms with Crippen LogP contribution >= 0.6 is 0 Å². The third-order valence-corrected chi connectivity index (χ3v) is 8.06. The Morgan fingerprint density at radius 1 is 0.761 bits per heavy atom. The summed E-state index contributed by atoms with van der Waals surface area (Å²) in [6, 6.07) is 26.6. The fraction of sp³-hybridized carbons (Fsp3) is 0.257. The van der Waals surface area contributed by atoms with Crippen LogP contribution in [0.15, 0.2) is 103 Å². The number of halogens is 6. The Kier molecular flexibility index (Phi) is 9.81. The molecule has 4 aromatic carbocycles. The van der Waals surface area contributed by atoms with Crippen molar-refractivity contribution in [2.75, 3.05) is 25.0 Å². The van der Waals surface area contributed by atoms with Crippen LogP contribution in [-0.4, -0.2) is 42.5 Å². The monoisotopic (exact) mass is 639 g/mol. The van der Waals surface area contributed by atoms with Crippen LogP contribution in [-0.2, 0) is 11.0 Å². The topological polar surface area (TPSA) is 61.4 Å². The van der Waals surface area contributed by atoms with E-state index in [0.29, 0.717) is 53.9 Å². The summed E-state index contributed by atoms with van der Waals surface area (Å²) >= 11 is 0. The van der Waals surface area contributed by atoms with E-state index in [-0.39, 0.29) is 5.92 Å². The van der Waals surface area contributed by atoms with Crippen LogP contribution in [0.1, 0.15) is 51.8 Å². The van der Waals surface area contributed by atoms with Gasteiger partial charge in [0, 0.05) is 11.3 Å². The maximum Gasteiger partial charge on any atom is 0.416 e. The Hall–Kier alpha value is -4.64. The molecule has 0 radical (unpaired) electrons. The molecule has 5 nitrogen and oxygen atoms in total. The normalized spacial score (nSPS) is 15.3. The Balaban J connectivity index is 1.22. The average molecular weight is 640 g/mol. The molecule has 0 spiro atoms. The van der Waals surface area contributed by atoms with Crippen molar-refractivity contribution in [2.24, 2.45) is 0 Å². The molecule has 0 saturated carbocycles. The average Bonchev–Trinajstić information content (AvgIpc) is 3.04. The Bertz CT molecular complexity index is 1630. The van der Waals surface area contributed by atoms with Gasteiger partial charge in [0.25, 0.3) is 5.91 Å². The molecule has 240 valence electrons. The van der Waals surface area contributed by atoms with Gasteiger partial charge in [0.05, 0.1) is 5.56 Å². The van der Waals surface area contributed by atoms with Crippen LogP contribution in [0, 0.1) is 0 Å². The molecule has 1 aliphatic rings. The number of carbonyl (C=O) groups excluding carboxylic acids is 2. The highest BCUT2D eigenvalue weighted by molar-refractivity contribution is 6.08. The number of rotatable bonds is 8. The molecule has 1 heterocycles. The first kappa shape index (κ1) is 32.7. The molecule has 0 aliphatic carbocycles. The van der Waals surface area contributed by atoms with Crippen molar-refractivity contribution in [3.63, 3.8) is 0 Å². The zero-order chi connectivity index (χ0) is 32.9. The molecule has 46 heavy (non-hydrogen) atoms. The van der Waals surface area contributed by atoms with E-state index in [1.165, 1.54) is 12.1 Å². The van der Waals surface area contributed by atoms with Crippen molar-refractivity contribution in [2.45, 2.75) is 37.2 Å². The minimum Gasteiger partial charge on any atom is -0.345 e. The van der Waals surface area contributed by atoms with Crippen molar-refractivity contribution >= 4 is 17.5 Å². The first-order valence-corrected chi connectivity index (χ1v) is 14.7. The molecular weight excluding hydrogens is 608 g/mol. The fourth-order valence-corrected chi connectivity index (χ4v) is 5.75. The molecule has 0 aromatic heterocycles. The zero-order valence-corrected chi connectivity index (χ0v) is 24.5. The number of hydrogen-bond donors (Lipinski definition) is 2. The van der Waals surface area contributed by atoms with E-state index in [1.807, 2.05) is 22.3 Å². The smallest absolute Gasteiger partial charge is 0.345 e.